The molecular formula is C16H17N7O2. The lowest BCUT2D eigenvalue weighted by atomic mass is 10.1. The molecule has 1 fully saturated rings. The zero-order valence-electron chi connectivity index (χ0n) is 13.6. The maximum Gasteiger partial charge on any atom is 0.254 e. The molecule has 0 radical (unpaired) electrons. The Morgan fingerprint density at radius 3 is 2.88 bits per heavy atom. The van der Waals surface area contributed by atoms with Gasteiger partial charge in [-0.25, -0.2) is 14.6 Å². The van der Waals surface area contributed by atoms with Crippen molar-refractivity contribution >= 4 is 22.6 Å². The first-order chi connectivity index (χ1) is 12.0. The second-order valence-corrected chi connectivity index (χ2v) is 6.15. The highest BCUT2D eigenvalue weighted by molar-refractivity contribution is 5.99. The zero-order chi connectivity index (χ0) is 17.6. The lowest BCUT2D eigenvalue weighted by Crippen LogP contribution is -2.50. The van der Waals surface area contributed by atoms with Crippen LogP contribution in [-0.4, -0.2) is 54.0 Å². The second-order valence-electron chi connectivity index (χ2n) is 6.15. The molecule has 3 N–H and O–H groups in total. The van der Waals surface area contributed by atoms with Gasteiger partial charge < -0.3 is 15.7 Å². The van der Waals surface area contributed by atoms with E-state index in [1.54, 1.807) is 40.9 Å². The fourth-order valence-corrected chi connectivity index (χ4v) is 2.84. The highest BCUT2D eigenvalue weighted by Gasteiger charge is 2.33. The molecule has 25 heavy (non-hydrogen) atoms. The molecule has 3 heterocycles. The van der Waals surface area contributed by atoms with Gasteiger partial charge in [-0.1, -0.05) is 5.21 Å². The molecule has 3 aromatic rings. The van der Waals surface area contributed by atoms with Gasteiger partial charge in [-0.3, -0.25) is 4.79 Å². The first-order valence-corrected chi connectivity index (χ1v) is 7.92. The molecule has 0 bridgehead atoms. The summed E-state index contributed by atoms with van der Waals surface area (Å²) in [5.74, 6) is 0.333. The number of fused-ring (bicyclic) bond motifs is 1. The van der Waals surface area contributed by atoms with Gasteiger partial charge in [0.2, 0.25) is 0 Å². The van der Waals surface area contributed by atoms with E-state index in [0.717, 1.165) is 5.39 Å². The fourth-order valence-electron chi connectivity index (χ4n) is 2.84. The number of hydrogen-bond acceptors (Lipinski definition) is 7. The van der Waals surface area contributed by atoms with Gasteiger partial charge in [-0.15, -0.1) is 5.10 Å². The van der Waals surface area contributed by atoms with Gasteiger partial charge in [-0.2, -0.15) is 0 Å². The Balaban J connectivity index is 1.47. The van der Waals surface area contributed by atoms with E-state index >= 15 is 0 Å². The summed E-state index contributed by atoms with van der Waals surface area (Å²) in [7, 11) is 0. The fraction of sp³-hybridized carbons (Fsp3) is 0.312. The summed E-state index contributed by atoms with van der Waals surface area (Å²) in [6.07, 6.45) is 2.45. The monoisotopic (exact) mass is 339 g/mol. The molecule has 4 rings (SSSR count). The van der Waals surface area contributed by atoms with Crippen molar-refractivity contribution in [1.29, 1.82) is 0 Å². The highest BCUT2D eigenvalue weighted by Crippen LogP contribution is 2.25. The van der Waals surface area contributed by atoms with Crippen LogP contribution in [0.25, 0.3) is 10.9 Å². The standard InChI is InChI=1S/C16H17N7O2/c1-9(24)14-7-23(21-20-14)11-5-22(6-11)16(25)10-2-3-12-13(4-10)18-8-19-15(12)17/h2-4,7-9,11,24H,5-6H2,1H3,(H2,17,18,19). The molecule has 1 saturated heterocycles. The number of carbonyl (C=O) groups is 1. The summed E-state index contributed by atoms with van der Waals surface area (Å²) in [6.45, 7) is 2.73. The van der Waals surface area contributed by atoms with Crippen molar-refractivity contribution in [2.75, 3.05) is 18.8 Å². The minimum absolute atomic E-state index is 0.0637. The molecule has 1 amide bonds. The van der Waals surface area contributed by atoms with Gasteiger partial charge in [0, 0.05) is 24.0 Å². The van der Waals surface area contributed by atoms with Crippen LogP contribution in [0.4, 0.5) is 5.82 Å². The second kappa shape index (κ2) is 5.78. The van der Waals surface area contributed by atoms with Crippen molar-refractivity contribution in [3.8, 4) is 0 Å². The summed E-state index contributed by atoms with van der Waals surface area (Å²) in [5.41, 5.74) is 7.54. The van der Waals surface area contributed by atoms with E-state index in [2.05, 4.69) is 20.3 Å². The van der Waals surface area contributed by atoms with E-state index in [-0.39, 0.29) is 11.9 Å². The smallest absolute Gasteiger partial charge is 0.254 e. The summed E-state index contributed by atoms with van der Waals surface area (Å²) < 4.78 is 1.69. The largest absolute Gasteiger partial charge is 0.387 e. The molecule has 0 aliphatic carbocycles. The maximum atomic E-state index is 12.6. The van der Waals surface area contributed by atoms with E-state index in [4.69, 9.17) is 5.73 Å². The van der Waals surface area contributed by atoms with Gasteiger partial charge in [0.15, 0.2) is 0 Å². The Labute approximate surface area is 143 Å². The molecule has 0 spiro atoms. The summed E-state index contributed by atoms with van der Waals surface area (Å²) in [5, 5.41) is 18.2. The van der Waals surface area contributed by atoms with Crippen molar-refractivity contribution in [2.45, 2.75) is 19.1 Å². The van der Waals surface area contributed by atoms with Crippen molar-refractivity contribution in [3.05, 3.63) is 42.0 Å². The van der Waals surface area contributed by atoms with Crippen LogP contribution in [0.5, 0.6) is 0 Å². The summed E-state index contributed by atoms with van der Waals surface area (Å²) in [4.78, 5) is 22.5. The number of aliphatic hydroxyl groups excluding tert-OH is 1. The zero-order valence-corrected chi connectivity index (χ0v) is 13.6. The van der Waals surface area contributed by atoms with Crippen LogP contribution >= 0.6 is 0 Å². The number of amides is 1. The Morgan fingerprint density at radius 1 is 1.36 bits per heavy atom. The Kier molecular flexibility index (Phi) is 3.57. The third-order valence-electron chi connectivity index (χ3n) is 4.39. The Hall–Kier alpha value is -3.07. The third-order valence-corrected chi connectivity index (χ3v) is 4.39. The van der Waals surface area contributed by atoms with Crippen molar-refractivity contribution in [2.24, 2.45) is 0 Å². The molecule has 1 aliphatic heterocycles. The molecule has 9 heteroatoms. The minimum atomic E-state index is -0.654. The number of nitrogens with zero attached hydrogens (tertiary/aromatic N) is 6. The maximum absolute atomic E-state index is 12.6. The van der Waals surface area contributed by atoms with Gasteiger partial charge >= 0.3 is 0 Å². The van der Waals surface area contributed by atoms with E-state index in [9.17, 15) is 9.90 Å². The molecule has 1 aliphatic rings. The normalized spacial score (nSPS) is 16.0. The van der Waals surface area contributed by atoms with Crippen LogP contribution in [0.2, 0.25) is 0 Å². The molecule has 1 unspecified atom stereocenters. The minimum Gasteiger partial charge on any atom is -0.387 e. The number of anilines is 1. The first-order valence-electron chi connectivity index (χ1n) is 7.92. The van der Waals surface area contributed by atoms with Crippen LogP contribution in [0.3, 0.4) is 0 Å². The van der Waals surface area contributed by atoms with E-state index < -0.39 is 6.10 Å². The highest BCUT2D eigenvalue weighted by atomic mass is 16.3. The molecule has 128 valence electrons. The number of aliphatic hydroxyl groups is 1. The van der Waals surface area contributed by atoms with Crippen molar-refractivity contribution in [1.82, 2.24) is 29.9 Å². The number of rotatable bonds is 3. The van der Waals surface area contributed by atoms with Crippen LogP contribution in [0.15, 0.2) is 30.7 Å². The molecule has 9 nitrogen and oxygen atoms in total. The first kappa shape index (κ1) is 15.5. The number of hydrogen-bond donors (Lipinski definition) is 2. The Bertz CT molecular complexity index is 947. The van der Waals surface area contributed by atoms with Crippen molar-refractivity contribution in [3.63, 3.8) is 0 Å². The van der Waals surface area contributed by atoms with Crippen molar-refractivity contribution < 1.29 is 9.90 Å². The molecule has 2 aromatic heterocycles. The number of likely N-dealkylation sites (tertiary alicyclic amines) is 1. The lowest BCUT2D eigenvalue weighted by molar-refractivity contribution is 0.0498. The van der Waals surface area contributed by atoms with E-state index in [0.29, 0.717) is 35.7 Å². The topological polar surface area (TPSA) is 123 Å². The van der Waals surface area contributed by atoms with Crippen LogP contribution in [-0.2, 0) is 0 Å². The average molecular weight is 339 g/mol. The Morgan fingerprint density at radius 2 is 2.16 bits per heavy atom. The van der Waals surface area contributed by atoms with Crippen LogP contribution < -0.4 is 5.73 Å². The molecule has 1 atom stereocenters. The molecular weight excluding hydrogens is 322 g/mol. The van der Waals surface area contributed by atoms with E-state index in [1.165, 1.54) is 6.33 Å². The van der Waals surface area contributed by atoms with Gasteiger partial charge in [0.1, 0.15) is 17.8 Å². The van der Waals surface area contributed by atoms with Crippen LogP contribution in [0.1, 0.15) is 35.1 Å². The average Bonchev–Trinajstić information content (AvgIpc) is 3.03. The predicted molar refractivity (Wildman–Crippen MR) is 89.5 cm³/mol. The number of aromatic nitrogens is 5. The summed E-state index contributed by atoms with van der Waals surface area (Å²) >= 11 is 0. The molecule has 0 saturated carbocycles. The van der Waals surface area contributed by atoms with E-state index in [1.807, 2.05) is 0 Å². The number of carbonyl (C=O) groups excluding carboxylic acids is 1. The third kappa shape index (κ3) is 2.68. The molecule has 1 aromatic carbocycles. The SMILES string of the molecule is CC(O)c1cn(C2CN(C(=O)c3ccc4c(N)ncnc4c3)C2)nn1. The van der Waals surface area contributed by atoms with Crippen LogP contribution in [0, 0.1) is 0 Å². The van der Waals surface area contributed by atoms with Gasteiger partial charge in [0.05, 0.1) is 23.9 Å². The van der Waals surface area contributed by atoms with Gasteiger partial charge in [-0.05, 0) is 25.1 Å². The number of nitrogen functional groups attached to an aromatic ring is 1. The quantitative estimate of drug-likeness (QED) is 0.714. The van der Waals surface area contributed by atoms with Gasteiger partial charge in [0.25, 0.3) is 5.91 Å². The lowest BCUT2D eigenvalue weighted by Gasteiger charge is -2.38. The predicted octanol–water partition coefficient (Wildman–Crippen LogP) is 0.554. The number of benzene rings is 1. The summed E-state index contributed by atoms with van der Waals surface area (Å²) in [6, 6.07) is 5.30. The number of nitrogens with two attached hydrogens (primary N) is 1.